The van der Waals surface area contributed by atoms with Crippen molar-refractivity contribution in [3.63, 3.8) is 0 Å². The number of hydrogen-bond donors (Lipinski definition) is 3. The molecule has 1 aliphatic rings. The van der Waals surface area contributed by atoms with Crippen molar-refractivity contribution in [3.8, 4) is 6.07 Å². The van der Waals surface area contributed by atoms with Gasteiger partial charge in [0.1, 0.15) is 5.54 Å². The first-order valence-electron chi connectivity index (χ1n) is 8.63. The van der Waals surface area contributed by atoms with E-state index in [9.17, 15) is 14.9 Å². The third kappa shape index (κ3) is 4.96. The number of anilines is 2. The average molecular weight is 342 g/mol. The molecule has 0 aromatic heterocycles. The molecule has 1 atom stereocenters. The van der Waals surface area contributed by atoms with E-state index in [1.165, 1.54) is 0 Å². The van der Waals surface area contributed by atoms with E-state index >= 15 is 0 Å². The van der Waals surface area contributed by atoms with Crippen molar-refractivity contribution in [1.29, 1.82) is 5.26 Å². The smallest absolute Gasteiger partial charge is 0.240 e. The first kappa shape index (κ1) is 18.8. The van der Waals surface area contributed by atoms with E-state index in [1.807, 2.05) is 39.0 Å². The molecule has 1 aliphatic carbocycles. The number of carbonyl (C=O) groups is 2. The molecule has 1 aromatic carbocycles. The summed E-state index contributed by atoms with van der Waals surface area (Å²) in [6.07, 6.45) is 1.91. The van der Waals surface area contributed by atoms with E-state index in [-0.39, 0.29) is 30.2 Å². The van der Waals surface area contributed by atoms with Gasteiger partial charge in [-0.15, -0.1) is 0 Å². The highest BCUT2D eigenvalue weighted by molar-refractivity contribution is 5.94. The van der Waals surface area contributed by atoms with Crippen LogP contribution >= 0.6 is 0 Å². The van der Waals surface area contributed by atoms with E-state index in [2.05, 4.69) is 22.0 Å². The third-order valence-corrected chi connectivity index (χ3v) is 4.68. The lowest BCUT2D eigenvalue weighted by molar-refractivity contribution is -0.121. The molecule has 0 unspecified atom stereocenters. The second kappa shape index (κ2) is 7.56. The van der Waals surface area contributed by atoms with Crippen molar-refractivity contribution in [3.05, 3.63) is 23.8 Å². The van der Waals surface area contributed by atoms with Crippen molar-refractivity contribution >= 4 is 23.2 Å². The van der Waals surface area contributed by atoms with Crippen LogP contribution in [0.25, 0.3) is 0 Å². The van der Waals surface area contributed by atoms with Crippen LogP contribution in [0.15, 0.2) is 18.2 Å². The molecule has 1 fully saturated rings. The summed E-state index contributed by atoms with van der Waals surface area (Å²) in [7, 11) is 0. The fraction of sp³-hybridized carbons (Fsp3) is 0.526. The maximum atomic E-state index is 12.2. The van der Waals surface area contributed by atoms with E-state index < -0.39 is 5.54 Å². The highest BCUT2D eigenvalue weighted by atomic mass is 16.2. The molecule has 134 valence electrons. The third-order valence-electron chi connectivity index (χ3n) is 4.68. The lowest BCUT2D eigenvalue weighted by atomic mass is 9.90. The molecule has 0 radical (unpaired) electrons. The molecule has 2 amide bonds. The van der Waals surface area contributed by atoms with Gasteiger partial charge < -0.3 is 16.0 Å². The monoisotopic (exact) mass is 342 g/mol. The minimum Gasteiger partial charge on any atom is -0.376 e. The van der Waals surface area contributed by atoms with Crippen LogP contribution in [-0.2, 0) is 9.59 Å². The number of nitrogens with one attached hydrogen (secondary N) is 3. The Morgan fingerprint density at radius 2 is 2.04 bits per heavy atom. The molecule has 0 bridgehead atoms. The molecule has 0 saturated heterocycles. The number of benzene rings is 1. The summed E-state index contributed by atoms with van der Waals surface area (Å²) in [6.45, 7) is 7.50. The van der Waals surface area contributed by atoms with Gasteiger partial charge in [0.05, 0.1) is 12.6 Å². The molecule has 3 N–H and O–H groups in total. The molecule has 1 aromatic rings. The van der Waals surface area contributed by atoms with Gasteiger partial charge in [-0.25, -0.2) is 0 Å². The van der Waals surface area contributed by atoms with Crippen molar-refractivity contribution in [2.45, 2.75) is 46.1 Å². The number of aryl methyl sites for hydroxylation is 1. The van der Waals surface area contributed by atoms with Crippen LogP contribution in [0.4, 0.5) is 11.4 Å². The van der Waals surface area contributed by atoms with Gasteiger partial charge in [0.25, 0.3) is 0 Å². The van der Waals surface area contributed by atoms with Crippen molar-refractivity contribution in [1.82, 2.24) is 5.32 Å². The Bertz CT molecular complexity index is 704. The first-order chi connectivity index (χ1) is 11.7. The summed E-state index contributed by atoms with van der Waals surface area (Å²) < 4.78 is 0. The molecule has 6 heteroatoms. The predicted octanol–water partition coefficient (Wildman–Crippen LogP) is 2.81. The second-order valence-corrected chi connectivity index (χ2v) is 7.16. The van der Waals surface area contributed by atoms with Gasteiger partial charge in [-0.3, -0.25) is 9.59 Å². The number of hydrogen-bond acceptors (Lipinski definition) is 4. The highest BCUT2D eigenvalue weighted by Crippen LogP contribution is 2.30. The average Bonchev–Trinajstić information content (AvgIpc) is 3.40. The SMILES string of the molecule is Cc1ccc(NC(=O)C2CC2)cc1NCC(=O)N[C@@](C)(C#N)C(C)C. The van der Waals surface area contributed by atoms with Gasteiger partial charge in [0.2, 0.25) is 11.8 Å². The zero-order valence-corrected chi connectivity index (χ0v) is 15.3. The normalized spacial score (nSPS) is 15.8. The number of carbonyl (C=O) groups excluding carboxylic acids is 2. The predicted molar refractivity (Wildman–Crippen MR) is 98.0 cm³/mol. The fourth-order valence-corrected chi connectivity index (χ4v) is 2.29. The van der Waals surface area contributed by atoms with Crippen LogP contribution in [0, 0.1) is 30.1 Å². The van der Waals surface area contributed by atoms with E-state index in [0.717, 1.165) is 29.8 Å². The lowest BCUT2D eigenvalue weighted by Gasteiger charge is -2.27. The van der Waals surface area contributed by atoms with Gasteiger partial charge in [0.15, 0.2) is 0 Å². The van der Waals surface area contributed by atoms with E-state index in [0.29, 0.717) is 0 Å². The number of nitriles is 1. The summed E-state index contributed by atoms with van der Waals surface area (Å²) >= 11 is 0. The van der Waals surface area contributed by atoms with Crippen molar-refractivity contribution in [2.24, 2.45) is 11.8 Å². The van der Waals surface area contributed by atoms with Gasteiger partial charge in [-0.1, -0.05) is 19.9 Å². The van der Waals surface area contributed by atoms with Crippen molar-refractivity contribution in [2.75, 3.05) is 17.2 Å². The molecule has 1 saturated carbocycles. The molecular weight excluding hydrogens is 316 g/mol. The summed E-state index contributed by atoms with van der Waals surface area (Å²) in [5.41, 5.74) is 1.58. The first-order valence-corrected chi connectivity index (χ1v) is 8.63. The maximum absolute atomic E-state index is 12.2. The topological polar surface area (TPSA) is 94.0 Å². The quantitative estimate of drug-likeness (QED) is 0.710. The molecule has 6 nitrogen and oxygen atoms in total. The Kier molecular flexibility index (Phi) is 5.68. The zero-order chi connectivity index (χ0) is 18.6. The molecule has 25 heavy (non-hydrogen) atoms. The van der Waals surface area contributed by atoms with Crippen LogP contribution in [0.5, 0.6) is 0 Å². The Hall–Kier alpha value is -2.55. The molecule has 0 heterocycles. The Labute approximate surface area is 149 Å². The van der Waals surface area contributed by atoms with Crippen LogP contribution < -0.4 is 16.0 Å². The van der Waals surface area contributed by atoms with E-state index in [4.69, 9.17) is 0 Å². The Balaban J connectivity index is 1.96. The van der Waals surface area contributed by atoms with Crippen LogP contribution in [-0.4, -0.2) is 23.9 Å². The van der Waals surface area contributed by atoms with Gasteiger partial charge >= 0.3 is 0 Å². The van der Waals surface area contributed by atoms with Crippen molar-refractivity contribution < 1.29 is 9.59 Å². The largest absolute Gasteiger partial charge is 0.376 e. The minimum atomic E-state index is -0.895. The molecule has 0 spiro atoms. The van der Waals surface area contributed by atoms with Gasteiger partial charge in [-0.2, -0.15) is 5.26 Å². The number of rotatable bonds is 7. The van der Waals surface area contributed by atoms with Gasteiger partial charge in [0, 0.05) is 17.3 Å². The summed E-state index contributed by atoms with van der Waals surface area (Å²) in [5, 5.41) is 18.0. The second-order valence-electron chi connectivity index (χ2n) is 7.16. The van der Waals surface area contributed by atoms with Crippen LogP contribution in [0.1, 0.15) is 39.2 Å². The maximum Gasteiger partial charge on any atom is 0.240 e. The summed E-state index contributed by atoms with van der Waals surface area (Å²) in [5.74, 6) is -0.0498. The highest BCUT2D eigenvalue weighted by Gasteiger charge is 2.30. The van der Waals surface area contributed by atoms with Crippen LogP contribution in [0.3, 0.4) is 0 Å². The zero-order valence-electron chi connectivity index (χ0n) is 15.3. The van der Waals surface area contributed by atoms with E-state index in [1.54, 1.807) is 6.92 Å². The Morgan fingerprint density at radius 1 is 1.36 bits per heavy atom. The standard InChI is InChI=1S/C19H26N4O2/c1-12(2)19(4,11-20)23-17(24)10-21-16-9-15(8-5-13(16)3)22-18(25)14-6-7-14/h5,8-9,12,14,21H,6-7,10H2,1-4H3,(H,22,25)(H,23,24)/t19-/m0/s1. The summed E-state index contributed by atoms with van der Waals surface area (Å²) in [4.78, 5) is 24.0. The van der Waals surface area contributed by atoms with Crippen LogP contribution in [0.2, 0.25) is 0 Å². The van der Waals surface area contributed by atoms with Gasteiger partial charge in [-0.05, 0) is 50.3 Å². The minimum absolute atomic E-state index is 0.00384. The Morgan fingerprint density at radius 3 is 2.60 bits per heavy atom. The lowest BCUT2D eigenvalue weighted by Crippen LogP contribution is -2.50. The molecular formula is C19H26N4O2. The number of nitrogens with zero attached hydrogens (tertiary/aromatic N) is 1. The molecule has 0 aliphatic heterocycles. The molecule has 2 rings (SSSR count). The fourth-order valence-electron chi connectivity index (χ4n) is 2.29. The number of amides is 2. The summed E-state index contributed by atoms with van der Waals surface area (Å²) in [6, 6.07) is 7.74.